The van der Waals surface area contributed by atoms with Gasteiger partial charge in [-0.2, -0.15) is 0 Å². The Kier molecular flexibility index (Phi) is 9.48. The van der Waals surface area contributed by atoms with Gasteiger partial charge in [-0.1, -0.05) is 42.5 Å². The lowest BCUT2D eigenvalue weighted by molar-refractivity contribution is 0.0391. The van der Waals surface area contributed by atoms with Crippen molar-refractivity contribution in [3.05, 3.63) is 112 Å². The number of ether oxygens (including phenoxy) is 1. The fourth-order valence-corrected chi connectivity index (χ4v) is 7.61. The van der Waals surface area contributed by atoms with Crippen LogP contribution in [0.25, 0.3) is 11.3 Å². The van der Waals surface area contributed by atoms with Crippen LogP contribution in [0.5, 0.6) is 0 Å². The van der Waals surface area contributed by atoms with E-state index in [2.05, 4.69) is 30.0 Å². The van der Waals surface area contributed by atoms with E-state index in [1.165, 1.54) is 10.5 Å². The number of carboxylic acid groups (broad SMARTS) is 1. The highest BCUT2D eigenvalue weighted by molar-refractivity contribution is 6.08. The summed E-state index contributed by atoms with van der Waals surface area (Å²) in [6, 6.07) is 23.9. The number of carbonyl (C=O) groups is 3. The zero-order chi connectivity index (χ0) is 34.9. The lowest BCUT2D eigenvalue weighted by Crippen LogP contribution is -2.43. The molecule has 10 nitrogen and oxygen atoms in total. The van der Waals surface area contributed by atoms with E-state index in [0.717, 1.165) is 65.4 Å². The van der Waals surface area contributed by atoms with Gasteiger partial charge in [0.25, 0.3) is 11.8 Å². The maximum Gasteiger partial charge on any atom is 0.407 e. The van der Waals surface area contributed by atoms with E-state index in [0.29, 0.717) is 50.4 Å². The molecule has 0 bridgehead atoms. The summed E-state index contributed by atoms with van der Waals surface area (Å²) < 4.78 is 7.55. The molecule has 0 unspecified atom stereocenters. The molecule has 50 heavy (non-hydrogen) atoms. The first-order valence-electron chi connectivity index (χ1n) is 17.5. The molecule has 1 atom stereocenters. The number of para-hydroxylation sites is 1. The van der Waals surface area contributed by atoms with Crippen LogP contribution in [0.2, 0.25) is 0 Å². The minimum absolute atomic E-state index is 0.0185. The quantitative estimate of drug-likeness (QED) is 0.274. The topological polar surface area (TPSA) is 98.6 Å². The number of nitrogens with zero attached hydrogens (tertiary/aromatic N) is 5. The molecular formula is C40H45N5O5. The van der Waals surface area contributed by atoms with Gasteiger partial charge in [-0.25, -0.2) is 4.79 Å². The number of hydrogen-bond acceptors (Lipinski definition) is 5. The van der Waals surface area contributed by atoms with Crippen molar-refractivity contribution in [2.45, 2.75) is 45.8 Å². The van der Waals surface area contributed by atoms with Crippen molar-refractivity contribution < 1.29 is 24.2 Å². The summed E-state index contributed by atoms with van der Waals surface area (Å²) in [6.45, 7) is 9.48. The second-order valence-corrected chi connectivity index (χ2v) is 13.7. The molecule has 1 aromatic heterocycles. The maximum atomic E-state index is 14.7. The van der Waals surface area contributed by atoms with Crippen molar-refractivity contribution in [2.24, 2.45) is 7.05 Å². The summed E-state index contributed by atoms with van der Waals surface area (Å²) in [5.74, 6) is -0.187. The number of benzene rings is 3. The number of hydrogen-bond donors (Lipinski definition) is 1. The normalized spacial score (nSPS) is 17.6. The molecular weight excluding hydrogens is 630 g/mol. The van der Waals surface area contributed by atoms with E-state index in [4.69, 9.17) is 4.74 Å². The summed E-state index contributed by atoms with van der Waals surface area (Å²) in [7, 11) is 1.95. The number of aromatic nitrogens is 1. The lowest BCUT2D eigenvalue weighted by Gasteiger charge is -2.36. The molecule has 3 aromatic carbocycles. The van der Waals surface area contributed by atoms with Gasteiger partial charge in [-0.15, -0.1) is 0 Å². The molecule has 3 amide bonds. The highest BCUT2D eigenvalue weighted by atomic mass is 16.5. The molecule has 0 spiro atoms. The van der Waals surface area contributed by atoms with Crippen molar-refractivity contribution in [1.29, 1.82) is 0 Å². The summed E-state index contributed by atoms with van der Waals surface area (Å²) in [4.78, 5) is 48.6. The third-order valence-corrected chi connectivity index (χ3v) is 10.7. The van der Waals surface area contributed by atoms with Crippen LogP contribution in [0.4, 0.5) is 10.5 Å². The highest BCUT2D eigenvalue weighted by Gasteiger charge is 2.32. The van der Waals surface area contributed by atoms with Gasteiger partial charge in [0.15, 0.2) is 0 Å². The van der Waals surface area contributed by atoms with Gasteiger partial charge in [0, 0.05) is 87.1 Å². The number of rotatable bonds is 7. The monoisotopic (exact) mass is 675 g/mol. The predicted octanol–water partition coefficient (Wildman–Crippen LogP) is 5.60. The van der Waals surface area contributed by atoms with E-state index in [1.54, 1.807) is 0 Å². The molecule has 1 fully saturated rings. The van der Waals surface area contributed by atoms with Crippen LogP contribution in [0, 0.1) is 6.92 Å². The summed E-state index contributed by atoms with van der Waals surface area (Å²) in [6.07, 6.45) is 0.345. The van der Waals surface area contributed by atoms with E-state index < -0.39 is 6.09 Å². The highest BCUT2D eigenvalue weighted by Crippen LogP contribution is 2.36. The van der Waals surface area contributed by atoms with Crippen LogP contribution < -0.4 is 4.90 Å². The Morgan fingerprint density at radius 3 is 2.32 bits per heavy atom. The van der Waals surface area contributed by atoms with E-state index in [9.17, 15) is 19.5 Å². The first-order chi connectivity index (χ1) is 24.2. The van der Waals surface area contributed by atoms with Crippen LogP contribution in [-0.4, -0.2) is 94.3 Å². The first-order valence-corrected chi connectivity index (χ1v) is 17.5. The van der Waals surface area contributed by atoms with Gasteiger partial charge in [0.2, 0.25) is 0 Å². The molecule has 1 N–H and O–H groups in total. The van der Waals surface area contributed by atoms with Crippen molar-refractivity contribution in [2.75, 3.05) is 50.8 Å². The number of fused-ring (bicyclic) bond motifs is 2. The van der Waals surface area contributed by atoms with Crippen molar-refractivity contribution in [3.8, 4) is 11.3 Å². The molecule has 4 heterocycles. The lowest BCUT2D eigenvalue weighted by atomic mass is 9.90. The summed E-state index contributed by atoms with van der Waals surface area (Å²) >= 11 is 0. The average Bonchev–Trinajstić information content (AvgIpc) is 3.44. The molecule has 0 radical (unpaired) electrons. The zero-order valence-corrected chi connectivity index (χ0v) is 29.1. The largest absolute Gasteiger partial charge is 0.465 e. The maximum absolute atomic E-state index is 14.7. The Labute approximate surface area is 293 Å². The van der Waals surface area contributed by atoms with Crippen LogP contribution in [0.3, 0.4) is 0 Å². The zero-order valence-electron chi connectivity index (χ0n) is 29.1. The Balaban J connectivity index is 1.28. The van der Waals surface area contributed by atoms with Gasteiger partial charge < -0.3 is 29.1 Å². The van der Waals surface area contributed by atoms with E-state index >= 15 is 0 Å². The smallest absolute Gasteiger partial charge is 0.407 e. The Morgan fingerprint density at radius 2 is 1.58 bits per heavy atom. The Morgan fingerprint density at radius 1 is 0.860 bits per heavy atom. The molecule has 4 aromatic rings. The fraction of sp³-hybridized carbons (Fsp3) is 0.375. The van der Waals surface area contributed by atoms with Crippen LogP contribution in [0.15, 0.2) is 72.8 Å². The predicted molar refractivity (Wildman–Crippen MR) is 193 cm³/mol. The number of morpholine rings is 1. The average molecular weight is 676 g/mol. The molecule has 260 valence electrons. The van der Waals surface area contributed by atoms with Gasteiger partial charge in [0.1, 0.15) is 0 Å². The Hall–Kier alpha value is -4.93. The molecule has 3 aliphatic heterocycles. The SMILES string of the molecule is Cc1c(C(=O)N(CCN2CCOCC2)c2ccccc2)cc(-c2cc3c(cc2C(=O)N2Cc4ccccc4C[C@H]2C)CN(C(=O)O)CC3)n1C. The number of anilines is 1. The standard InChI is InChI=1S/C40H45N5O5/c1-27-21-29-9-7-8-10-31(29)26-45(27)39(47)36-23-32-25-43(40(48)49)14-13-30(32)22-35(36)37-24-34(28(2)41(37)3)38(46)44(33-11-5-4-6-12-33)16-15-42-17-19-50-20-18-42/h4-12,22-24,27H,13-21,25-26H2,1-3H3,(H,48,49)/t27-/m1/s1. The minimum Gasteiger partial charge on any atom is -0.465 e. The van der Waals surface area contributed by atoms with Gasteiger partial charge in [0.05, 0.1) is 18.8 Å². The number of amides is 3. The molecule has 3 aliphatic rings. The number of carbonyl (C=O) groups excluding carboxylic acids is 2. The van der Waals surface area contributed by atoms with Crippen molar-refractivity contribution in [3.63, 3.8) is 0 Å². The third kappa shape index (κ3) is 6.53. The van der Waals surface area contributed by atoms with Gasteiger partial charge in [-0.05, 0) is 79.3 Å². The van der Waals surface area contributed by atoms with Crippen LogP contribution in [-0.2, 0) is 37.7 Å². The summed E-state index contributed by atoms with van der Waals surface area (Å²) in [5, 5.41) is 9.77. The van der Waals surface area contributed by atoms with Crippen LogP contribution in [0.1, 0.15) is 55.6 Å². The fourth-order valence-electron chi connectivity index (χ4n) is 7.61. The van der Waals surface area contributed by atoms with Gasteiger partial charge >= 0.3 is 6.09 Å². The third-order valence-electron chi connectivity index (χ3n) is 10.7. The summed E-state index contributed by atoms with van der Waals surface area (Å²) in [5.41, 5.74) is 8.55. The van der Waals surface area contributed by atoms with Gasteiger partial charge in [-0.3, -0.25) is 14.5 Å². The first kappa shape index (κ1) is 33.6. The van der Waals surface area contributed by atoms with E-state index in [-0.39, 0.29) is 24.4 Å². The molecule has 10 heteroatoms. The van der Waals surface area contributed by atoms with Crippen molar-refractivity contribution >= 4 is 23.6 Å². The Bertz CT molecular complexity index is 1910. The molecule has 0 saturated carbocycles. The van der Waals surface area contributed by atoms with Crippen molar-refractivity contribution in [1.82, 2.24) is 19.3 Å². The second-order valence-electron chi connectivity index (χ2n) is 13.7. The second kappa shape index (κ2) is 14.1. The van der Waals surface area contributed by atoms with Crippen LogP contribution >= 0.6 is 0 Å². The molecule has 0 aliphatic carbocycles. The minimum atomic E-state index is -0.966. The molecule has 7 rings (SSSR count). The molecule has 1 saturated heterocycles. The van der Waals surface area contributed by atoms with E-state index in [1.807, 2.05) is 82.9 Å².